The van der Waals surface area contributed by atoms with Crippen molar-refractivity contribution in [1.29, 1.82) is 0 Å². The van der Waals surface area contributed by atoms with E-state index in [9.17, 15) is 0 Å². The molecule has 0 saturated heterocycles. The van der Waals surface area contributed by atoms with Gasteiger partial charge in [-0.15, -0.1) is 0 Å². The largest absolute Gasteiger partial charge is 0.295 e. The van der Waals surface area contributed by atoms with Crippen molar-refractivity contribution in [2.75, 3.05) is 6.54 Å². The number of benzene rings is 5. The van der Waals surface area contributed by atoms with Crippen molar-refractivity contribution in [3.8, 4) is 0 Å². The van der Waals surface area contributed by atoms with Gasteiger partial charge in [-0.05, 0) is 89.7 Å². The summed E-state index contributed by atoms with van der Waals surface area (Å²) in [6, 6.07) is 41.4. The van der Waals surface area contributed by atoms with Gasteiger partial charge in [0.05, 0.1) is 0 Å². The molecule has 0 amide bonds. The molecule has 5 rings (SSSR count). The van der Waals surface area contributed by atoms with E-state index >= 15 is 0 Å². The summed E-state index contributed by atoms with van der Waals surface area (Å²) < 4.78 is 0. The Bertz CT molecular complexity index is 1590. The normalized spacial score (nSPS) is 12.3. The minimum atomic E-state index is 0.143. The molecule has 2 nitrogen and oxygen atoms in total. The van der Waals surface area contributed by atoms with Crippen LogP contribution in [-0.4, -0.2) is 22.4 Å². The molecule has 0 N–H and O–H groups in total. The summed E-state index contributed by atoms with van der Waals surface area (Å²) in [7, 11) is 0. The van der Waals surface area contributed by atoms with Crippen molar-refractivity contribution in [2.45, 2.75) is 45.6 Å². The lowest BCUT2D eigenvalue weighted by Crippen LogP contribution is -2.36. The van der Waals surface area contributed by atoms with E-state index < -0.39 is 0 Å². The summed E-state index contributed by atoms with van der Waals surface area (Å²) in [6.45, 7) is 6.18. The van der Waals surface area contributed by atoms with Gasteiger partial charge in [0, 0.05) is 58.9 Å². The molecule has 0 unspecified atom stereocenters. The highest BCUT2D eigenvalue weighted by Gasteiger charge is 2.20. The molecule has 0 heterocycles. The second-order valence-corrected chi connectivity index (χ2v) is 13.5. The lowest BCUT2D eigenvalue weighted by Gasteiger charge is -2.32. The molecule has 5 aromatic carbocycles. The summed E-state index contributed by atoms with van der Waals surface area (Å²) in [6.07, 6.45) is 5.55. The minimum Gasteiger partial charge on any atom is -0.295 e. The first kappa shape index (κ1) is 34.3. The van der Waals surface area contributed by atoms with E-state index in [1.54, 1.807) is 0 Å². The van der Waals surface area contributed by atoms with Crippen molar-refractivity contribution in [1.82, 2.24) is 9.80 Å². The van der Waals surface area contributed by atoms with Crippen molar-refractivity contribution in [3.63, 3.8) is 0 Å². The van der Waals surface area contributed by atoms with Crippen LogP contribution in [0.1, 0.15) is 39.8 Å². The molecule has 1 atom stereocenters. The van der Waals surface area contributed by atoms with Gasteiger partial charge >= 0.3 is 0 Å². The van der Waals surface area contributed by atoms with Gasteiger partial charge in [0.2, 0.25) is 0 Å². The van der Waals surface area contributed by atoms with E-state index in [0.717, 1.165) is 59.2 Å². The van der Waals surface area contributed by atoms with Crippen LogP contribution in [0.2, 0.25) is 20.1 Å². The van der Waals surface area contributed by atoms with Crippen LogP contribution in [0.4, 0.5) is 0 Å². The van der Waals surface area contributed by atoms with Gasteiger partial charge in [0.15, 0.2) is 0 Å². The minimum absolute atomic E-state index is 0.143. The Morgan fingerprint density at radius 3 is 1.37 bits per heavy atom. The van der Waals surface area contributed by atoms with E-state index in [4.69, 9.17) is 46.4 Å². The Morgan fingerprint density at radius 2 is 0.957 bits per heavy atom. The Kier molecular flexibility index (Phi) is 12.8. The van der Waals surface area contributed by atoms with Gasteiger partial charge in [-0.2, -0.15) is 0 Å². The number of hydrogen-bond acceptors (Lipinski definition) is 2. The number of hydrogen-bond donors (Lipinski definition) is 0. The van der Waals surface area contributed by atoms with Crippen LogP contribution >= 0.6 is 46.4 Å². The summed E-state index contributed by atoms with van der Waals surface area (Å²) in [5, 5.41) is 2.97. The highest BCUT2D eigenvalue weighted by molar-refractivity contribution is 6.31. The summed E-state index contributed by atoms with van der Waals surface area (Å²) >= 11 is 25.0. The Labute approximate surface area is 293 Å². The quantitative estimate of drug-likeness (QED) is 0.115. The zero-order chi connectivity index (χ0) is 32.3. The molecule has 6 heteroatoms. The zero-order valence-corrected chi connectivity index (χ0v) is 29.0. The van der Waals surface area contributed by atoms with Crippen LogP contribution in [0.5, 0.6) is 0 Å². The van der Waals surface area contributed by atoms with Crippen molar-refractivity contribution in [3.05, 3.63) is 181 Å². The topological polar surface area (TPSA) is 6.48 Å². The second kappa shape index (κ2) is 17.2. The maximum atomic E-state index is 6.26. The number of aryl methyl sites for hydroxylation is 1. The molecule has 0 aliphatic carbocycles. The molecule has 0 aliphatic rings. The van der Waals surface area contributed by atoms with Gasteiger partial charge in [0.25, 0.3) is 0 Å². The van der Waals surface area contributed by atoms with Gasteiger partial charge in [0.1, 0.15) is 0 Å². The van der Waals surface area contributed by atoms with Gasteiger partial charge in [-0.1, -0.05) is 137 Å². The third-order valence-corrected chi connectivity index (χ3v) is 9.01. The maximum Gasteiger partial charge on any atom is 0.0406 e. The monoisotopic (exact) mass is 686 g/mol. The smallest absolute Gasteiger partial charge is 0.0406 e. The van der Waals surface area contributed by atoms with E-state index in [0.29, 0.717) is 0 Å². The molecule has 0 bridgehead atoms. The molecule has 0 fully saturated rings. The molecule has 5 aromatic rings. The number of rotatable bonds is 14. The molecular weight excluding hydrogens is 650 g/mol. The highest BCUT2D eigenvalue weighted by Crippen LogP contribution is 2.23. The lowest BCUT2D eigenvalue weighted by atomic mass is 10.0. The molecule has 0 radical (unpaired) electrons. The first-order chi connectivity index (χ1) is 22.3. The van der Waals surface area contributed by atoms with Gasteiger partial charge in [-0.25, -0.2) is 0 Å². The zero-order valence-electron chi connectivity index (χ0n) is 25.9. The highest BCUT2D eigenvalue weighted by atomic mass is 35.5. The average molecular weight is 689 g/mol. The fraction of sp³-hybridized carbons (Fsp3) is 0.200. The molecule has 0 aromatic heterocycles. The second-order valence-electron chi connectivity index (χ2n) is 11.8. The average Bonchev–Trinajstić information content (AvgIpc) is 3.05. The van der Waals surface area contributed by atoms with Crippen LogP contribution in [0, 0.1) is 6.92 Å². The standard InChI is InChI=1S/C40H38Cl4N2/c1-30-3-2-4-31(25-30)13-22-40(46(28-34-9-18-38(43)19-10-34)29-35-11-20-39(44)21-12-35)23-24-45(26-32-5-14-36(41)15-6-32)27-33-7-16-37(42)17-8-33/h2-22,25,40H,23-24,26-29H2,1H3/b22-13+/t40-/m1/s1. The summed E-state index contributed by atoms with van der Waals surface area (Å²) in [5.74, 6) is 0. The van der Waals surface area contributed by atoms with Crippen LogP contribution in [0.25, 0.3) is 6.08 Å². The summed E-state index contributed by atoms with van der Waals surface area (Å²) in [4.78, 5) is 5.05. The van der Waals surface area contributed by atoms with Crippen molar-refractivity contribution >= 4 is 52.5 Å². The van der Waals surface area contributed by atoms with Crippen LogP contribution < -0.4 is 0 Å². The molecular formula is C40H38Cl4N2. The Hall–Kier alpha value is -3.08. The van der Waals surface area contributed by atoms with E-state index in [1.165, 1.54) is 33.4 Å². The molecule has 0 saturated carbocycles. The van der Waals surface area contributed by atoms with E-state index in [2.05, 4.69) is 102 Å². The predicted octanol–water partition coefficient (Wildman–Crippen LogP) is 11.8. The number of nitrogens with zero attached hydrogens (tertiary/aromatic N) is 2. The maximum absolute atomic E-state index is 6.26. The Morgan fingerprint density at radius 1 is 0.543 bits per heavy atom. The molecule has 46 heavy (non-hydrogen) atoms. The fourth-order valence-electron chi connectivity index (χ4n) is 5.56. The Balaban J connectivity index is 1.45. The molecule has 0 aliphatic heterocycles. The van der Waals surface area contributed by atoms with Gasteiger partial charge in [-0.3, -0.25) is 9.80 Å². The lowest BCUT2D eigenvalue weighted by molar-refractivity contribution is 0.171. The fourth-order valence-corrected chi connectivity index (χ4v) is 6.06. The number of halogens is 4. The van der Waals surface area contributed by atoms with Crippen molar-refractivity contribution < 1.29 is 0 Å². The first-order valence-electron chi connectivity index (χ1n) is 15.5. The van der Waals surface area contributed by atoms with Gasteiger partial charge < -0.3 is 0 Å². The van der Waals surface area contributed by atoms with Crippen molar-refractivity contribution in [2.24, 2.45) is 0 Å². The molecule has 236 valence electrons. The first-order valence-corrected chi connectivity index (χ1v) is 17.0. The van der Waals surface area contributed by atoms with E-state index in [-0.39, 0.29) is 6.04 Å². The van der Waals surface area contributed by atoms with Crippen LogP contribution in [0.15, 0.2) is 127 Å². The SMILES string of the molecule is Cc1cccc(/C=C/[C@H](CCN(Cc2ccc(Cl)cc2)Cc2ccc(Cl)cc2)N(Cc2ccc(Cl)cc2)Cc2ccc(Cl)cc2)c1. The summed E-state index contributed by atoms with van der Waals surface area (Å²) in [5.41, 5.74) is 7.32. The third-order valence-electron chi connectivity index (χ3n) is 8.00. The predicted molar refractivity (Wildman–Crippen MR) is 198 cm³/mol. The van der Waals surface area contributed by atoms with Crippen LogP contribution in [-0.2, 0) is 26.2 Å². The van der Waals surface area contributed by atoms with Crippen LogP contribution in [0.3, 0.4) is 0 Å². The van der Waals surface area contributed by atoms with E-state index in [1.807, 2.05) is 48.5 Å². The third kappa shape index (κ3) is 11.0. The molecule has 0 spiro atoms.